The highest BCUT2D eigenvalue weighted by atomic mass is 31.2. The van der Waals surface area contributed by atoms with E-state index in [2.05, 4.69) is 97.1 Å². The molecule has 0 spiro atoms. The van der Waals surface area contributed by atoms with Crippen LogP contribution in [-0.4, -0.2) is 21.0 Å². The molecule has 0 aliphatic rings. The summed E-state index contributed by atoms with van der Waals surface area (Å²) in [7, 11) is 1.29. The minimum absolute atomic E-state index is 0.177. The number of hydrogen-bond donors (Lipinski definition) is 0. The zero-order valence-electron chi connectivity index (χ0n) is 18.5. The van der Waals surface area contributed by atoms with Crippen LogP contribution in [0.3, 0.4) is 0 Å². The van der Waals surface area contributed by atoms with Gasteiger partial charge in [-0.1, -0.05) is 66.7 Å². The predicted octanol–water partition coefficient (Wildman–Crippen LogP) is 5.17. The quantitative estimate of drug-likeness (QED) is 0.264. The van der Waals surface area contributed by atoms with Crippen LogP contribution in [0.15, 0.2) is 109 Å². The topological polar surface area (TPSA) is 27.7 Å². The van der Waals surface area contributed by atoms with Gasteiger partial charge in [0.2, 0.25) is 0 Å². The van der Waals surface area contributed by atoms with Crippen molar-refractivity contribution in [2.75, 3.05) is 21.0 Å². The SMILES string of the molecule is COCOc1cccc(C[P+](c2ccccc2)(c2ccccc2)c2ccccc2)c1OC. The Hall–Kier alpha value is -3.13. The maximum Gasteiger partial charge on any atom is 0.188 e. The lowest BCUT2D eigenvalue weighted by molar-refractivity contribution is 0.0491. The van der Waals surface area contributed by atoms with E-state index in [1.165, 1.54) is 15.9 Å². The zero-order chi connectivity index (χ0) is 22.2. The molecule has 0 saturated carbocycles. The summed E-state index contributed by atoms with van der Waals surface area (Å²) in [5.74, 6) is 1.45. The van der Waals surface area contributed by atoms with Crippen LogP contribution in [0.4, 0.5) is 0 Å². The zero-order valence-corrected chi connectivity index (χ0v) is 19.4. The fourth-order valence-electron chi connectivity index (χ4n) is 4.18. The van der Waals surface area contributed by atoms with Crippen LogP contribution in [0.2, 0.25) is 0 Å². The summed E-state index contributed by atoms with van der Waals surface area (Å²) in [6, 6.07) is 38.6. The van der Waals surface area contributed by atoms with Crippen LogP contribution >= 0.6 is 7.26 Å². The van der Waals surface area contributed by atoms with Crippen molar-refractivity contribution in [3.8, 4) is 11.5 Å². The van der Waals surface area contributed by atoms with E-state index >= 15 is 0 Å². The maximum absolute atomic E-state index is 5.86. The summed E-state index contributed by atoms with van der Waals surface area (Å²) in [4.78, 5) is 0. The number of methoxy groups -OCH3 is 2. The first kappa shape index (κ1) is 22.1. The van der Waals surface area contributed by atoms with E-state index in [4.69, 9.17) is 14.2 Å². The van der Waals surface area contributed by atoms with Crippen LogP contribution in [-0.2, 0) is 10.9 Å². The fraction of sp³-hybridized carbons (Fsp3) is 0.143. The average molecular weight is 444 g/mol. The molecule has 0 aliphatic heterocycles. The summed E-state index contributed by atoms with van der Waals surface area (Å²) in [5.41, 5.74) is 1.12. The van der Waals surface area contributed by atoms with E-state index in [1.807, 2.05) is 12.1 Å². The molecule has 0 amide bonds. The lowest BCUT2D eigenvalue weighted by Gasteiger charge is -2.28. The van der Waals surface area contributed by atoms with Crippen molar-refractivity contribution in [3.05, 3.63) is 115 Å². The Kier molecular flexibility index (Phi) is 7.21. The monoisotopic (exact) mass is 443 g/mol. The first-order chi connectivity index (χ1) is 15.8. The van der Waals surface area contributed by atoms with Gasteiger partial charge in [0, 0.05) is 12.7 Å². The molecule has 4 aromatic carbocycles. The molecule has 0 radical (unpaired) electrons. The fourth-order valence-corrected chi connectivity index (χ4v) is 8.42. The second-order valence-electron chi connectivity index (χ2n) is 7.47. The van der Waals surface area contributed by atoms with Crippen molar-refractivity contribution >= 4 is 23.2 Å². The van der Waals surface area contributed by atoms with Gasteiger partial charge in [-0.2, -0.15) is 0 Å². The van der Waals surface area contributed by atoms with E-state index in [-0.39, 0.29) is 6.79 Å². The molecular formula is C28H28O3P+. The Labute approximate surface area is 190 Å². The van der Waals surface area contributed by atoms with Gasteiger partial charge in [0.15, 0.2) is 18.3 Å². The van der Waals surface area contributed by atoms with Gasteiger partial charge in [-0.05, 0) is 42.5 Å². The highest BCUT2D eigenvalue weighted by Gasteiger charge is 2.46. The molecule has 162 valence electrons. The van der Waals surface area contributed by atoms with Crippen molar-refractivity contribution < 1.29 is 14.2 Å². The third-order valence-corrected chi connectivity index (χ3v) is 9.95. The van der Waals surface area contributed by atoms with Crippen LogP contribution in [0.25, 0.3) is 0 Å². The smallest absolute Gasteiger partial charge is 0.188 e. The van der Waals surface area contributed by atoms with E-state index in [0.717, 1.165) is 17.5 Å². The highest BCUT2D eigenvalue weighted by Crippen LogP contribution is 2.59. The molecule has 0 aromatic heterocycles. The molecule has 0 aliphatic carbocycles. The minimum atomic E-state index is -2.03. The molecule has 4 rings (SSSR count). The first-order valence-corrected chi connectivity index (χ1v) is 12.6. The average Bonchev–Trinajstić information content (AvgIpc) is 2.87. The number of ether oxygens (including phenoxy) is 3. The summed E-state index contributed by atoms with van der Waals surface area (Å²) >= 11 is 0. The molecule has 0 fully saturated rings. The molecule has 4 aromatic rings. The lowest BCUT2D eigenvalue weighted by atomic mass is 10.2. The molecule has 3 nitrogen and oxygen atoms in total. The van der Waals surface area contributed by atoms with Gasteiger partial charge in [-0.3, -0.25) is 0 Å². The minimum Gasteiger partial charge on any atom is -0.492 e. The Bertz CT molecular complexity index is 1020. The molecule has 0 unspecified atom stereocenters. The first-order valence-electron chi connectivity index (χ1n) is 10.6. The maximum atomic E-state index is 5.86. The third kappa shape index (κ3) is 4.41. The molecular weight excluding hydrogens is 415 g/mol. The molecule has 0 bridgehead atoms. The number of benzene rings is 4. The summed E-state index contributed by atoms with van der Waals surface area (Å²) in [5, 5.41) is 4.01. The predicted molar refractivity (Wildman–Crippen MR) is 134 cm³/mol. The molecule has 0 saturated heterocycles. The van der Waals surface area contributed by atoms with Crippen molar-refractivity contribution in [2.24, 2.45) is 0 Å². The van der Waals surface area contributed by atoms with Crippen molar-refractivity contribution in [3.63, 3.8) is 0 Å². The Morgan fingerprint density at radius 1 is 0.594 bits per heavy atom. The largest absolute Gasteiger partial charge is 0.492 e. The molecule has 0 atom stereocenters. The molecule has 0 heterocycles. The normalized spacial score (nSPS) is 11.2. The van der Waals surface area contributed by atoms with E-state index < -0.39 is 7.26 Å². The number of rotatable bonds is 9. The number of para-hydroxylation sites is 1. The van der Waals surface area contributed by atoms with Crippen LogP contribution in [0.1, 0.15) is 5.56 Å². The van der Waals surface area contributed by atoms with Crippen LogP contribution in [0.5, 0.6) is 11.5 Å². The summed E-state index contributed by atoms with van der Waals surface area (Å²) < 4.78 is 16.8. The van der Waals surface area contributed by atoms with Gasteiger partial charge >= 0.3 is 0 Å². The van der Waals surface area contributed by atoms with E-state index in [9.17, 15) is 0 Å². The third-order valence-electron chi connectivity index (χ3n) is 5.60. The molecule has 32 heavy (non-hydrogen) atoms. The summed E-state index contributed by atoms with van der Waals surface area (Å²) in [6.45, 7) is 0.177. The van der Waals surface area contributed by atoms with Crippen molar-refractivity contribution in [1.29, 1.82) is 0 Å². The van der Waals surface area contributed by atoms with Crippen molar-refractivity contribution in [1.82, 2.24) is 0 Å². The van der Waals surface area contributed by atoms with Gasteiger partial charge in [0.25, 0.3) is 0 Å². The standard InChI is InChI=1S/C28H28O3P/c1-29-22-31-27-20-12-13-23(28(27)30-2)21-32(24-14-6-3-7-15-24,25-16-8-4-9-17-25)26-18-10-5-11-19-26/h3-20H,21-22H2,1-2H3/q+1. The lowest BCUT2D eigenvalue weighted by Crippen LogP contribution is -2.32. The van der Waals surface area contributed by atoms with Crippen LogP contribution < -0.4 is 25.4 Å². The Morgan fingerprint density at radius 2 is 1.09 bits per heavy atom. The highest BCUT2D eigenvalue weighted by molar-refractivity contribution is 7.95. The van der Waals surface area contributed by atoms with Gasteiger partial charge in [-0.25, -0.2) is 0 Å². The Balaban J connectivity index is 1.96. The number of hydrogen-bond acceptors (Lipinski definition) is 3. The second kappa shape index (κ2) is 10.5. The Morgan fingerprint density at radius 3 is 1.53 bits per heavy atom. The van der Waals surface area contributed by atoms with Gasteiger partial charge in [-0.15, -0.1) is 0 Å². The second-order valence-corrected chi connectivity index (χ2v) is 11.0. The van der Waals surface area contributed by atoms with Gasteiger partial charge in [0.1, 0.15) is 29.3 Å². The molecule has 0 N–H and O–H groups in total. The van der Waals surface area contributed by atoms with E-state index in [0.29, 0.717) is 5.75 Å². The van der Waals surface area contributed by atoms with Gasteiger partial charge in [0.05, 0.1) is 7.11 Å². The summed E-state index contributed by atoms with van der Waals surface area (Å²) in [6.07, 6.45) is 0.818. The van der Waals surface area contributed by atoms with Gasteiger partial charge < -0.3 is 14.2 Å². The van der Waals surface area contributed by atoms with Crippen molar-refractivity contribution in [2.45, 2.75) is 6.16 Å². The molecule has 4 heteroatoms. The van der Waals surface area contributed by atoms with Crippen LogP contribution in [0, 0.1) is 0 Å². The van der Waals surface area contributed by atoms with E-state index in [1.54, 1.807) is 14.2 Å².